The first-order valence-corrected chi connectivity index (χ1v) is 4.66. The van der Waals surface area contributed by atoms with Gasteiger partial charge in [0, 0.05) is 13.0 Å². The van der Waals surface area contributed by atoms with Gasteiger partial charge in [0.25, 0.3) is 0 Å². The fourth-order valence-electron chi connectivity index (χ4n) is 1.38. The van der Waals surface area contributed by atoms with E-state index in [0.717, 1.165) is 0 Å². The Morgan fingerprint density at radius 3 is 2.65 bits per heavy atom. The van der Waals surface area contributed by atoms with Gasteiger partial charge in [0.15, 0.2) is 5.75 Å². The van der Waals surface area contributed by atoms with Gasteiger partial charge in [-0.1, -0.05) is 0 Å². The molecule has 0 spiro atoms. The second-order valence-electron chi connectivity index (χ2n) is 3.34. The largest absolute Gasteiger partial charge is 0.504 e. The third kappa shape index (κ3) is 1.92. The van der Waals surface area contributed by atoms with Crippen molar-refractivity contribution in [2.24, 2.45) is 0 Å². The van der Waals surface area contributed by atoms with E-state index in [0.29, 0.717) is 0 Å². The van der Waals surface area contributed by atoms with Gasteiger partial charge < -0.3 is 19.4 Å². The molecule has 0 amide bonds. The number of carbonyl (C=O) groups excluding carboxylic acids is 1. The third-order valence-corrected chi connectivity index (χ3v) is 2.09. The smallest absolute Gasteiger partial charge is 0.382 e. The van der Waals surface area contributed by atoms with Gasteiger partial charge in [-0.3, -0.25) is 4.79 Å². The van der Waals surface area contributed by atoms with Crippen LogP contribution in [0.3, 0.4) is 0 Å². The van der Waals surface area contributed by atoms with Gasteiger partial charge in [0.1, 0.15) is 11.3 Å². The van der Waals surface area contributed by atoms with Crippen LogP contribution in [-0.4, -0.2) is 16.2 Å². The van der Waals surface area contributed by atoms with Gasteiger partial charge in [-0.25, -0.2) is 4.79 Å². The maximum absolute atomic E-state index is 11.1. The maximum atomic E-state index is 11.1. The Labute approximate surface area is 94.7 Å². The van der Waals surface area contributed by atoms with Crippen molar-refractivity contribution >= 4 is 16.9 Å². The molecule has 6 nitrogen and oxygen atoms in total. The molecule has 0 aliphatic carbocycles. The second-order valence-corrected chi connectivity index (χ2v) is 3.34. The van der Waals surface area contributed by atoms with Crippen molar-refractivity contribution < 1.29 is 24.2 Å². The summed E-state index contributed by atoms with van der Waals surface area (Å²) in [4.78, 5) is 21.8. The summed E-state index contributed by atoms with van der Waals surface area (Å²) in [7, 11) is 0. The van der Waals surface area contributed by atoms with Crippen LogP contribution in [0.2, 0.25) is 0 Å². The molecular formula is C11H8O6. The minimum atomic E-state index is -1.06. The molecule has 0 unspecified atom stereocenters. The van der Waals surface area contributed by atoms with Crippen molar-refractivity contribution in [3.8, 4) is 17.2 Å². The van der Waals surface area contributed by atoms with Crippen molar-refractivity contribution in [3.63, 3.8) is 0 Å². The molecule has 2 N–H and O–H groups in total. The minimum absolute atomic E-state index is 0.0176. The van der Waals surface area contributed by atoms with Gasteiger partial charge in [0.2, 0.25) is 5.75 Å². The molecule has 0 fully saturated rings. The Morgan fingerprint density at radius 2 is 2.00 bits per heavy atom. The molecule has 2 aromatic rings. The molecule has 0 saturated carbocycles. The molecule has 1 aromatic carbocycles. The first-order valence-electron chi connectivity index (χ1n) is 4.66. The summed E-state index contributed by atoms with van der Waals surface area (Å²) >= 11 is 0. The van der Waals surface area contributed by atoms with Crippen LogP contribution in [-0.2, 0) is 4.79 Å². The van der Waals surface area contributed by atoms with E-state index < -0.39 is 23.1 Å². The summed E-state index contributed by atoms with van der Waals surface area (Å²) in [5, 5.41) is 18.8. The summed E-state index contributed by atoms with van der Waals surface area (Å²) in [6, 6.07) is 4.05. The lowest BCUT2D eigenvalue weighted by molar-refractivity contribution is -0.131. The number of aromatic hydroxyl groups is 2. The monoisotopic (exact) mass is 236 g/mol. The van der Waals surface area contributed by atoms with E-state index in [2.05, 4.69) is 0 Å². The predicted octanol–water partition coefficient (Wildman–Crippen LogP) is 1.13. The first kappa shape index (κ1) is 11.0. The predicted molar refractivity (Wildman–Crippen MR) is 57.1 cm³/mol. The molecule has 0 aliphatic heterocycles. The second kappa shape index (κ2) is 3.82. The van der Waals surface area contributed by atoms with Crippen LogP contribution in [0.15, 0.2) is 27.4 Å². The number of hydrogen-bond acceptors (Lipinski definition) is 6. The van der Waals surface area contributed by atoms with Crippen LogP contribution in [0, 0.1) is 0 Å². The molecule has 0 saturated heterocycles. The average molecular weight is 236 g/mol. The van der Waals surface area contributed by atoms with Gasteiger partial charge >= 0.3 is 11.6 Å². The number of fused-ring (bicyclic) bond motifs is 1. The lowest BCUT2D eigenvalue weighted by Gasteiger charge is -2.04. The van der Waals surface area contributed by atoms with E-state index in [-0.39, 0.29) is 16.7 Å². The molecule has 1 heterocycles. The lowest BCUT2D eigenvalue weighted by Crippen LogP contribution is -2.02. The number of esters is 1. The number of rotatable bonds is 1. The topological polar surface area (TPSA) is 97.0 Å². The highest BCUT2D eigenvalue weighted by atomic mass is 16.5. The van der Waals surface area contributed by atoms with Crippen molar-refractivity contribution in [3.05, 3.63) is 28.6 Å². The maximum Gasteiger partial charge on any atom is 0.382 e. The van der Waals surface area contributed by atoms with Gasteiger partial charge in [0.05, 0.1) is 5.39 Å². The normalized spacial score (nSPS) is 10.4. The summed E-state index contributed by atoms with van der Waals surface area (Å²) in [5.74, 6) is -1.75. The van der Waals surface area contributed by atoms with Crippen LogP contribution in [0.5, 0.6) is 17.2 Å². The highest BCUT2D eigenvalue weighted by molar-refractivity contribution is 5.86. The van der Waals surface area contributed by atoms with E-state index in [4.69, 9.17) is 9.15 Å². The number of hydrogen-bond donors (Lipinski definition) is 2. The highest BCUT2D eigenvalue weighted by Crippen LogP contribution is 2.32. The molecule has 0 atom stereocenters. The van der Waals surface area contributed by atoms with Crippen molar-refractivity contribution in [1.82, 2.24) is 0 Å². The molecule has 6 heteroatoms. The summed E-state index contributed by atoms with van der Waals surface area (Å²) in [5.41, 5.74) is -1.04. The zero-order chi connectivity index (χ0) is 12.6. The third-order valence-electron chi connectivity index (χ3n) is 2.09. The molecule has 2 rings (SSSR count). The Hall–Kier alpha value is -2.50. The first-order chi connectivity index (χ1) is 7.99. The van der Waals surface area contributed by atoms with Crippen molar-refractivity contribution in [1.29, 1.82) is 0 Å². The Morgan fingerprint density at radius 1 is 1.29 bits per heavy atom. The van der Waals surface area contributed by atoms with Crippen molar-refractivity contribution in [2.75, 3.05) is 0 Å². The summed E-state index contributed by atoms with van der Waals surface area (Å²) in [6.45, 7) is 1.23. The Kier molecular flexibility index (Phi) is 2.47. The van der Waals surface area contributed by atoms with E-state index in [1.165, 1.54) is 25.1 Å². The number of carbonyl (C=O) groups is 1. The fourth-order valence-corrected chi connectivity index (χ4v) is 1.38. The number of ether oxygens (including phenoxy) is 1. The lowest BCUT2D eigenvalue weighted by atomic mass is 10.2. The van der Waals surface area contributed by atoms with Crippen LogP contribution < -0.4 is 10.4 Å². The molecule has 1 aromatic heterocycles. The molecular weight excluding hydrogens is 228 g/mol. The van der Waals surface area contributed by atoms with Crippen LogP contribution in [0.25, 0.3) is 11.0 Å². The minimum Gasteiger partial charge on any atom is -0.504 e. The zero-order valence-electron chi connectivity index (χ0n) is 8.76. The summed E-state index contributed by atoms with van der Waals surface area (Å²) < 4.78 is 9.53. The standard InChI is InChI=1S/C11H8O6/c1-5(12)16-6-2-3-7-8(4-6)17-11(15)10(14)9(7)13/h2-4,13-14H,1H3. The highest BCUT2D eigenvalue weighted by Gasteiger charge is 2.13. The van der Waals surface area contributed by atoms with Crippen LogP contribution in [0.4, 0.5) is 0 Å². The van der Waals surface area contributed by atoms with Crippen LogP contribution in [0.1, 0.15) is 6.92 Å². The van der Waals surface area contributed by atoms with E-state index in [1.807, 2.05) is 0 Å². The van der Waals surface area contributed by atoms with Gasteiger partial charge in [-0.15, -0.1) is 0 Å². The zero-order valence-corrected chi connectivity index (χ0v) is 8.76. The molecule has 88 valence electrons. The molecule has 0 radical (unpaired) electrons. The van der Waals surface area contributed by atoms with E-state index in [1.54, 1.807) is 0 Å². The van der Waals surface area contributed by atoms with Crippen molar-refractivity contribution in [2.45, 2.75) is 6.92 Å². The quantitative estimate of drug-likeness (QED) is 0.437. The van der Waals surface area contributed by atoms with Crippen LogP contribution >= 0.6 is 0 Å². The fraction of sp³-hybridized carbons (Fsp3) is 0.0909. The molecule has 0 aliphatic rings. The average Bonchev–Trinajstić information content (AvgIpc) is 2.25. The van der Waals surface area contributed by atoms with E-state index in [9.17, 15) is 19.8 Å². The summed E-state index contributed by atoms with van der Waals surface area (Å²) in [6.07, 6.45) is 0. The van der Waals surface area contributed by atoms with Gasteiger partial charge in [-0.05, 0) is 12.1 Å². The Bertz CT molecular complexity index is 655. The van der Waals surface area contributed by atoms with E-state index >= 15 is 0 Å². The molecule has 17 heavy (non-hydrogen) atoms. The molecule has 0 bridgehead atoms. The SMILES string of the molecule is CC(=O)Oc1ccc2c(O)c(O)c(=O)oc2c1. The van der Waals surface area contributed by atoms with Gasteiger partial charge in [-0.2, -0.15) is 0 Å². The Balaban J connectivity index is 2.67. The number of benzene rings is 1.